The minimum Gasteiger partial charge on any atom is -0.310 e. The monoisotopic (exact) mass is 698 g/mol. The molecule has 0 amide bonds. The molecule has 0 N–H and O–H groups in total. The fourth-order valence-corrected chi connectivity index (χ4v) is 8.09. The lowest BCUT2D eigenvalue weighted by atomic mass is 9.84. The molecule has 54 heavy (non-hydrogen) atoms. The van der Waals surface area contributed by atoms with E-state index in [0.29, 0.717) is 11.1 Å². The molecule has 0 saturated carbocycles. The molecular weight excluding hydrogens is 657 g/mol. The molecule has 4 nitrogen and oxygen atoms in total. The second kappa shape index (κ2) is 13.7. The van der Waals surface area contributed by atoms with Crippen LogP contribution in [-0.2, 0) is 0 Å². The number of nitriles is 2. The lowest BCUT2D eigenvalue weighted by molar-refractivity contribution is 0.875. The molecule has 8 aromatic carbocycles. The maximum atomic E-state index is 9.66. The van der Waals surface area contributed by atoms with E-state index in [0.717, 1.165) is 34.1 Å². The molecule has 0 aliphatic carbocycles. The van der Waals surface area contributed by atoms with Gasteiger partial charge in [0.05, 0.1) is 34.6 Å². The van der Waals surface area contributed by atoms with Crippen molar-refractivity contribution in [1.82, 2.24) is 0 Å². The Balaban J connectivity index is 1.51. The maximum Gasteiger partial charge on any atom is 0.0991 e. The summed E-state index contributed by atoms with van der Waals surface area (Å²) >= 11 is 0. The van der Waals surface area contributed by atoms with E-state index < -0.39 is 0 Å². The van der Waals surface area contributed by atoms with Crippen molar-refractivity contribution < 1.29 is 0 Å². The summed E-state index contributed by atoms with van der Waals surface area (Å²) in [7, 11) is 0. The van der Waals surface area contributed by atoms with Crippen LogP contribution >= 0.6 is 0 Å². The van der Waals surface area contributed by atoms with E-state index in [4.69, 9.17) is 0 Å². The molecule has 8 rings (SSSR count). The average molecular weight is 699 g/mol. The second-order valence-corrected chi connectivity index (χ2v) is 15.0. The van der Waals surface area contributed by atoms with Gasteiger partial charge < -0.3 is 9.80 Å². The van der Waals surface area contributed by atoms with Crippen LogP contribution in [-0.4, -0.2) is 0 Å². The molecule has 0 aliphatic rings. The van der Waals surface area contributed by atoms with Crippen LogP contribution in [0.5, 0.6) is 0 Å². The van der Waals surface area contributed by atoms with Gasteiger partial charge in [0.25, 0.3) is 0 Å². The normalized spacial score (nSPS) is 11.4. The number of hydrogen-bond donors (Lipinski definition) is 0. The number of rotatable bonds is 8. The van der Waals surface area contributed by atoms with Gasteiger partial charge in [0.2, 0.25) is 0 Å². The number of benzene rings is 8. The van der Waals surface area contributed by atoms with Gasteiger partial charge >= 0.3 is 0 Å². The van der Waals surface area contributed by atoms with Crippen LogP contribution < -0.4 is 9.80 Å². The molecule has 0 unspecified atom stereocenters. The topological polar surface area (TPSA) is 54.1 Å². The van der Waals surface area contributed by atoms with Crippen molar-refractivity contribution >= 4 is 66.4 Å². The first-order valence-corrected chi connectivity index (χ1v) is 18.7. The van der Waals surface area contributed by atoms with Crippen molar-refractivity contribution in [2.24, 2.45) is 0 Å². The van der Waals surface area contributed by atoms with Crippen LogP contribution in [0.1, 0.15) is 72.9 Å². The number of anilines is 6. The van der Waals surface area contributed by atoms with Gasteiger partial charge in [0, 0.05) is 33.5 Å². The fourth-order valence-electron chi connectivity index (χ4n) is 8.09. The molecule has 0 aliphatic heterocycles. The highest BCUT2D eigenvalue weighted by atomic mass is 15.1. The number of nitrogens with zero attached hydrogens (tertiary/aromatic N) is 4. The van der Waals surface area contributed by atoms with E-state index >= 15 is 0 Å². The van der Waals surface area contributed by atoms with Gasteiger partial charge in [-0.05, 0) is 154 Å². The molecule has 0 saturated heterocycles. The summed E-state index contributed by atoms with van der Waals surface area (Å²) < 4.78 is 0. The highest BCUT2D eigenvalue weighted by Crippen LogP contribution is 2.51. The van der Waals surface area contributed by atoms with E-state index in [1.807, 2.05) is 24.3 Å². The Morgan fingerprint density at radius 3 is 1.13 bits per heavy atom. The van der Waals surface area contributed by atoms with E-state index in [1.165, 1.54) is 54.6 Å². The zero-order chi connectivity index (χ0) is 37.7. The van der Waals surface area contributed by atoms with Crippen molar-refractivity contribution in [3.63, 3.8) is 0 Å². The summed E-state index contributed by atoms with van der Waals surface area (Å²) in [6, 6.07) is 51.8. The van der Waals surface area contributed by atoms with Gasteiger partial charge in [-0.25, -0.2) is 0 Å². The summed E-state index contributed by atoms with van der Waals surface area (Å²) in [5.41, 5.74) is 12.6. The van der Waals surface area contributed by atoms with Crippen LogP contribution in [0.2, 0.25) is 0 Å². The second-order valence-electron chi connectivity index (χ2n) is 15.0. The standard InChI is InChI=1S/C50H42N4/c1-31(2)45-27-47(53(39-11-7-9-33(5)25-39)37-17-13-35(29-51)14-18-37)43-24-22-42-46(32(3)4)28-48(44-23-21-41(45)49(43)50(42)44)54(40-12-8-10-34(6)26-40)38-19-15-36(30-52)16-20-38/h7-28,31-32H,1-6H3. The molecule has 262 valence electrons. The van der Waals surface area contributed by atoms with Crippen LogP contribution in [0.25, 0.3) is 32.3 Å². The summed E-state index contributed by atoms with van der Waals surface area (Å²) in [4.78, 5) is 4.71. The molecule has 0 aromatic heterocycles. The lowest BCUT2D eigenvalue weighted by Gasteiger charge is -2.31. The summed E-state index contributed by atoms with van der Waals surface area (Å²) in [5, 5.41) is 26.7. The summed E-state index contributed by atoms with van der Waals surface area (Å²) in [6.07, 6.45) is 0. The Morgan fingerprint density at radius 1 is 0.426 bits per heavy atom. The zero-order valence-electron chi connectivity index (χ0n) is 31.6. The first kappa shape index (κ1) is 34.5. The third kappa shape index (κ3) is 5.87. The van der Waals surface area contributed by atoms with Gasteiger partial charge in [-0.1, -0.05) is 76.2 Å². The Labute approximate surface area is 318 Å². The Bertz CT molecular complexity index is 2570. The van der Waals surface area contributed by atoms with Crippen molar-refractivity contribution in [2.75, 3.05) is 9.80 Å². The Hall–Kier alpha value is -6.62. The third-order valence-electron chi connectivity index (χ3n) is 10.7. The van der Waals surface area contributed by atoms with Gasteiger partial charge in [0.15, 0.2) is 0 Å². The minimum atomic E-state index is 0.264. The molecule has 0 radical (unpaired) electrons. The zero-order valence-corrected chi connectivity index (χ0v) is 31.6. The molecule has 0 heterocycles. The molecule has 8 aromatic rings. The molecular formula is C50H42N4. The third-order valence-corrected chi connectivity index (χ3v) is 10.7. The van der Waals surface area contributed by atoms with Crippen LogP contribution in [0.3, 0.4) is 0 Å². The largest absolute Gasteiger partial charge is 0.310 e. The fraction of sp³-hybridized carbons (Fsp3) is 0.160. The van der Waals surface area contributed by atoms with Crippen molar-refractivity contribution in [3.8, 4) is 12.1 Å². The quantitative estimate of drug-likeness (QED) is 0.148. The summed E-state index contributed by atoms with van der Waals surface area (Å²) in [6.45, 7) is 13.4. The first-order valence-electron chi connectivity index (χ1n) is 18.7. The predicted molar refractivity (Wildman–Crippen MR) is 227 cm³/mol. The Morgan fingerprint density at radius 2 is 0.796 bits per heavy atom. The lowest BCUT2D eigenvalue weighted by Crippen LogP contribution is -2.13. The first-order chi connectivity index (χ1) is 26.2. The molecule has 0 fully saturated rings. The molecule has 0 atom stereocenters. The maximum absolute atomic E-state index is 9.66. The highest BCUT2D eigenvalue weighted by Gasteiger charge is 2.26. The smallest absolute Gasteiger partial charge is 0.0991 e. The molecule has 0 bridgehead atoms. The van der Waals surface area contributed by atoms with Crippen LogP contribution in [0, 0.1) is 36.5 Å². The minimum absolute atomic E-state index is 0.264. The highest BCUT2D eigenvalue weighted by molar-refractivity contribution is 6.29. The van der Waals surface area contributed by atoms with Crippen molar-refractivity contribution in [1.29, 1.82) is 10.5 Å². The van der Waals surface area contributed by atoms with E-state index in [1.54, 1.807) is 0 Å². The van der Waals surface area contributed by atoms with Gasteiger partial charge in [0.1, 0.15) is 0 Å². The van der Waals surface area contributed by atoms with Crippen molar-refractivity contribution in [3.05, 3.63) is 167 Å². The van der Waals surface area contributed by atoms with Crippen LogP contribution in [0.4, 0.5) is 34.1 Å². The predicted octanol–water partition coefficient (Wildman–Crippen LogP) is 14.1. The number of aryl methyl sites for hydroxylation is 2. The SMILES string of the molecule is Cc1cccc(N(c2ccc(C#N)cc2)c2cc(C(C)C)c3ccc4c(N(c5ccc(C#N)cc5)c5cccc(C)c5)cc(C(C)C)c5ccc2c3c54)c1. The Kier molecular flexibility index (Phi) is 8.77. The summed E-state index contributed by atoms with van der Waals surface area (Å²) in [5.74, 6) is 0.528. The van der Waals surface area contributed by atoms with E-state index in [9.17, 15) is 10.5 Å². The van der Waals surface area contributed by atoms with Gasteiger partial charge in [-0.2, -0.15) is 10.5 Å². The number of hydrogen-bond acceptors (Lipinski definition) is 4. The van der Waals surface area contributed by atoms with E-state index in [-0.39, 0.29) is 11.8 Å². The van der Waals surface area contributed by atoms with Crippen LogP contribution in [0.15, 0.2) is 133 Å². The molecule has 4 heteroatoms. The average Bonchev–Trinajstić information content (AvgIpc) is 3.18. The van der Waals surface area contributed by atoms with Crippen molar-refractivity contribution in [2.45, 2.75) is 53.4 Å². The van der Waals surface area contributed by atoms with E-state index in [2.05, 4.69) is 173 Å². The van der Waals surface area contributed by atoms with Gasteiger partial charge in [-0.15, -0.1) is 0 Å². The molecule has 0 spiro atoms. The van der Waals surface area contributed by atoms with Gasteiger partial charge in [-0.3, -0.25) is 0 Å².